The Hall–Kier alpha value is -1.28. The number of H-pyrrole nitrogens is 1. The van der Waals surface area contributed by atoms with Gasteiger partial charge < -0.3 is 10.3 Å². The Kier molecular flexibility index (Phi) is 3.53. The van der Waals surface area contributed by atoms with Crippen LogP contribution in [0.5, 0.6) is 0 Å². The van der Waals surface area contributed by atoms with E-state index in [4.69, 9.17) is 0 Å². The zero-order chi connectivity index (χ0) is 12.4. The van der Waals surface area contributed by atoms with Gasteiger partial charge in [0.25, 0.3) is 0 Å². The van der Waals surface area contributed by atoms with E-state index >= 15 is 0 Å². The summed E-state index contributed by atoms with van der Waals surface area (Å²) < 4.78 is 0. The van der Waals surface area contributed by atoms with E-state index in [2.05, 4.69) is 43.2 Å². The highest BCUT2D eigenvalue weighted by molar-refractivity contribution is 5.88. The highest BCUT2D eigenvalue weighted by atomic mass is 14.8. The second-order valence-corrected chi connectivity index (χ2v) is 4.87. The van der Waals surface area contributed by atoms with E-state index in [0.717, 1.165) is 13.0 Å². The van der Waals surface area contributed by atoms with Gasteiger partial charge in [-0.25, -0.2) is 0 Å². The van der Waals surface area contributed by atoms with Crippen molar-refractivity contribution in [3.05, 3.63) is 34.5 Å². The molecule has 0 amide bonds. The van der Waals surface area contributed by atoms with Crippen molar-refractivity contribution in [1.29, 1.82) is 0 Å². The van der Waals surface area contributed by atoms with Crippen molar-refractivity contribution < 1.29 is 0 Å². The Balaban J connectivity index is 2.42. The second-order valence-electron chi connectivity index (χ2n) is 4.87. The fourth-order valence-corrected chi connectivity index (χ4v) is 2.46. The van der Waals surface area contributed by atoms with E-state index in [1.165, 1.54) is 39.7 Å². The van der Waals surface area contributed by atoms with Crippen LogP contribution < -0.4 is 5.32 Å². The minimum Gasteiger partial charge on any atom is -0.358 e. The van der Waals surface area contributed by atoms with Crippen molar-refractivity contribution in [3.63, 3.8) is 0 Å². The largest absolute Gasteiger partial charge is 0.358 e. The summed E-state index contributed by atoms with van der Waals surface area (Å²) >= 11 is 0. The van der Waals surface area contributed by atoms with Gasteiger partial charge in [0.1, 0.15) is 0 Å². The average molecular weight is 230 g/mol. The van der Waals surface area contributed by atoms with Crippen molar-refractivity contribution in [3.8, 4) is 0 Å². The molecule has 2 N–H and O–H groups in total. The van der Waals surface area contributed by atoms with E-state index in [9.17, 15) is 0 Å². The van der Waals surface area contributed by atoms with Crippen molar-refractivity contribution in [1.82, 2.24) is 10.3 Å². The van der Waals surface area contributed by atoms with Crippen LogP contribution in [0.25, 0.3) is 10.9 Å². The molecule has 0 saturated carbocycles. The number of aromatic nitrogens is 1. The highest BCUT2D eigenvalue weighted by Crippen LogP contribution is 2.27. The van der Waals surface area contributed by atoms with Gasteiger partial charge in [-0.3, -0.25) is 0 Å². The van der Waals surface area contributed by atoms with Crippen LogP contribution in [-0.2, 0) is 6.42 Å². The third kappa shape index (κ3) is 2.22. The smallest absolute Gasteiger partial charge is 0.0491 e. The highest BCUT2D eigenvalue weighted by Gasteiger charge is 2.10. The maximum atomic E-state index is 3.54. The molecule has 1 heterocycles. The summed E-state index contributed by atoms with van der Waals surface area (Å²) in [6.45, 7) is 7.64. The molecule has 0 aliphatic heterocycles. The third-order valence-corrected chi connectivity index (χ3v) is 3.68. The van der Waals surface area contributed by atoms with Gasteiger partial charge in [0.2, 0.25) is 0 Å². The molecule has 17 heavy (non-hydrogen) atoms. The maximum Gasteiger partial charge on any atom is 0.0491 e. The molecule has 0 aliphatic carbocycles. The van der Waals surface area contributed by atoms with Crippen molar-refractivity contribution in [2.24, 2.45) is 0 Å². The van der Waals surface area contributed by atoms with Crippen LogP contribution in [0.2, 0.25) is 0 Å². The van der Waals surface area contributed by atoms with Gasteiger partial charge in [0.15, 0.2) is 0 Å². The Morgan fingerprint density at radius 3 is 2.65 bits per heavy atom. The average Bonchev–Trinajstić information content (AvgIpc) is 2.62. The normalized spacial score (nSPS) is 11.3. The summed E-state index contributed by atoms with van der Waals surface area (Å²) in [5.41, 5.74) is 6.87. The molecule has 0 bridgehead atoms. The van der Waals surface area contributed by atoms with Crippen LogP contribution in [0.1, 0.15) is 28.8 Å². The van der Waals surface area contributed by atoms with Gasteiger partial charge in [-0.1, -0.05) is 12.1 Å². The van der Waals surface area contributed by atoms with Crippen LogP contribution >= 0.6 is 0 Å². The lowest BCUT2D eigenvalue weighted by atomic mass is 10.0. The van der Waals surface area contributed by atoms with Gasteiger partial charge in [-0.15, -0.1) is 0 Å². The molecule has 0 fully saturated rings. The van der Waals surface area contributed by atoms with Gasteiger partial charge in [-0.2, -0.15) is 0 Å². The molecular formula is C15H22N2. The molecule has 0 aliphatic rings. The van der Waals surface area contributed by atoms with Gasteiger partial charge in [0.05, 0.1) is 0 Å². The monoisotopic (exact) mass is 230 g/mol. The quantitative estimate of drug-likeness (QED) is 0.775. The molecule has 0 atom stereocenters. The Bertz CT molecular complexity index is 523. The molecule has 0 spiro atoms. The first-order chi connectivity index (χ1) is 8.15. The predicted octanol–water partition coefficient (Wildman–Crippen LogP) is 3.25. The number of aromatic amines is 1. The van der Waals surface area contributed by atoms with E-state index in [0.29, 0.717) is 0 Å². The van der Waals surface area contributed by atoms with Crippen LogP contribution in [0.3, 0.4) is 0 Å². The van der Waals surface area contributed by atoms with E-state index in [1.54, 1.807) is 0 Å². The van der Waals surface area contributed by atoms with Crippen LogP contribution in [0.4, 0.5) is 0 Å². The van der Waals surface area contributed by atoms with E-state index < -0.39 is 0 Å². The first-order valence-corrected chi connectivity index (χ1v) is 6.37. The zero-order valence-electron chi connectivity index (χ0n) is 11.3. The Morgan fingerprint density at radius 2 is 1.94 bits per heavy atom. The minimum atomic E-state index is 1.08. The van der Waals surface area contributed by atoms with Crippen LogP contribution in [0, 0.1) is 20.8 Å². The molecule has 92 valence electrons. The summed E-state index contributed by atoms with van der Waals surface area (Å²) in [7, 11) is 2.01. The lowest BCUT2D eigenvalue weighted by Crippen LogP contribution is -2.08. The first-order valence-electron chi connectivity index (χ1n) is 6.37. The molecule has 2 aromatic rings. The van der Waals surface area contributed by atoms with Crippen LogP contribution in [0.15, 0.2) is 12.1 Å². The van der Waals surface area contributed by atoms with Gasteiger partial charge in [-0.05, 0) is 63.9 Å². The second kappa shape index (κ2) is 4.92. The molecule has 2 heteroatoms. The number of nitrogens with one attached hydrogen (secondary N) is 2. The summed E-state index contributed by atoms with van der Waals surface area (Å²) in [4.78, 5) is 3.54. The zero-order valence-corrected chi connectivity index (χ0v) is 11.3. The van der Waals surface area contributed by atoms with Gasteiger partial charge >= 0.3 is 0 Å². The number of aryl methyl sites for hydroxylation is 4. The topological polar surface area (TPSA) is 27.8 Å². The molecule has 2 rings (SSSR count). The van der Waals surface area contributed by atoms with Gasteiger partial charge in [0, 0.05) is 16.6 Å². The molecule has 0 radical (unpaired) electrons. The fourth-order valence-electron chi connectivity index (χ4n) is 2.46. The number of benzene rings is 1. The Morgan fingerprint density at radius 1 is 1.18 bits per heavy atom. The fraction of sp³-hybridized carbons (Fsp3) is 0.467. The van der Waals surface area contributed by atoms with Crippen molar-refractivity contribution in [2.75, 3.05) is 13.6 Å². The molecule has 0 unspecified atom stereocenters. The van der Waals surface area contributed by atoms with Crippen LogP contribution in [-0.4, -0.2) is 18.6 Å². The number of fused-ring (bicyclic) bond motifs is 1. The minimum absolute atomic E-state index is 1.08. The van der Waals surface area contributed by atoms with E-state index in [1.807, 2.05) is 7.05 Å². The lowest BCUT2D eigenvalue weighted by Gasteiger charge is -2.03. The van der Waals surface area contributed by atoms with E-state index in [-0.39, 0.29) is 0 Å². The summed E-state index contributed by atoms with van der Waals surface area (Å²) in [5, 5.41) is 4.61. The molecule has 0 saturated heterocycles. The number of rotatable bonds is 4. The third-order valence-electron chi connectivity index (χ3n) is 3.68. The molecule has 2 nitrogen and oxygen atoms in total. The van der Waals surface area contributed by atoms with Crippen molar-refractivity contribution >= 4 is 10.9 Å². The van der Waals surface area contributed by atoms with Crippen molar-refractivity contribution in [2.45, 2.75) is 33.6 Å². The number of hydrogen-bond donors (Lipinski definition) is 2. The standard InChI is InChI=1S/C15H22N2/c1-10-7-8-14-13(6-5-9-16-4)12(3)17-15(14)11(10)2/h7-8,16-17H,5-6,9H2,1-4H3. The SMILES string of the molecule is CNCCCc1c(C)[nH]c2c(C)c(C)ccc12. The summed E-state index contributed by atoms with van der Waals surface area (Å²) in [5.74, 6) is 0. The summed E-state index contributed by atoms with van der Waals surface area (Å²) in [6, 6.07) is 4.49. The predicted molar refractivity (Wildman–Crippen MR) is 74.8 cm³/mol. The number of hydrogen-bond acceptors (Lipinski definition) is 1. The molecular weight excluding hydrogens is 208 g/mol. The Labute approximate surface area is 103 Å². The summed E-state index contributed by atoms with van der Waals surface area (Å²) in [6.07, 6.45) is 2.34. The maximum absolute atomic E-state index is 3.54. The molecule has 1 aromatic heterocycles. The molecule has 1 aromatic carbocycles. The first kappa shape index (κ1) is 12.2. The lowest BCUT2D eigenvalue weighted by molar-refractivity contribution is 0.725.